The topological polar surface area (TPSA) is 73.1 Å². The van der Waals surface area contributed by atoms with Crippen molar-refractivity contribution in [2.75, 3.05) is 17.6 Å². The molecule has 0 fully saturated rings. The smallest absolute Gasteiger partial charge is 0.137 e. The number of nitrogens with two attached hydrogens (primary N) is 1. The molecule has 2 aromatic carbocycles. The third-order valence-electron chi connectivity index (χ3n) is 4.48. The number of anilines is 2. The predicted molar refractivity (Wildman–Crippen MR) is 116 cm³/mol. The molecule has 0 saturated carbocycles. The van der Waals surface area contributed by atoms with Gasteiger partial charge >= 0.3 is 0 Å². The Balaban J connectivity index is 1.42. The van der Waals surface area contributed by atoms with Crippen LogP contribution in [0.3, 0.4) is 0 Å². The summed E-state index contributed by atoms with van der Waals surface area (Å²) in [4.78, 5) is 11.2. The molecule has 142 valence electrons. The number of ether oxygens (including phenoxy) is 1. The van der Waals surface area contributed by atoms with Crippen LogP contribution >= 0.6 is 11.3 Å². The zero-order valence-corrected chi connectivity index (χ0v) is 16.5. The molecule has 4 aromatic rings. The highest BCUT2D eigenvalue weighted by Gasteiger charge is 2.07. The van der Waals surface area contributed by atoms with E-state index >= 15 is 0 Å². The molecule has 2 heterocycles. The summed E-state index contributed by atoms with van der Waals surface area (Å²) >= 11 is 1.77. The third kappa shape index (κ3) is 4.23. The van der Waals surface area contributed by atoms with Gasteiger partial charge in [-0.05, 0) is 55.3 Å². The molecule has 0 aliphatic carbocycles. The monoisotopic (exact) mass is 390 g/mol. The highest BCUT2D eigenvalue weighted by molar-refractivity contribution is 7.11. The molecule has 3 N–H and O–H groups in total. The zero-order chi connectivity index (χ0) is 19.3. The van der Waals surface area contributed by atoms with E-state index in [-0.39, 0.29) is 0 Å². The molecule has 0 atom stereocenters. The Hall–Kier alpha value is -3.12. The van der Waals surface area contributed by atoms with Gasteiger partial charge in [0.05, 0.1) is 5.52 Å². The van der Waals surface area contributed by atoms with Crippen molar-refractivity contribution in [3.05, 3.63) is 76.2 Å². The minimum absolute atomic E-state index is 0.596. The Kier molecular flexibility index (Phi) is 5.39. The van der Waals surface area contributed by atoms with Crippen LogP contribution in [0.2, 0.25) is 0 Å². The second-order valence-corrected chi connectivity index (χ2v) is 7.96. The van der Waals surface area contributed by atoms with Gasteiger partial charge in [0.25, 0.3) is 0 Å². The molecule has 0 radical (unpaired) electrons. The van der Waals surface area contributed by atoms with E-state index < -0.39 is 0 Å². The average molecular weight is 391 g/mol. The molecule has 0 amide bonds. The van der Waals surface area contributed by atoms with Crippen molar-refractivity contribution in [3.8, 4) is 5.75 Å². The number of hydrogen-bond acceptors (Lipinski definition) is 6. The van der Waals surface area contributed by atoms with Crippen LogP contribution in [0.15, 0.2) is 60.9 Å². The summed E-state index contributed by atoms with van der Waals surface area (Å²) in [5.74, 6) is 1.72. The molecule has 5 nitrogen and oxygen atoms in total. The Morgan fingerprint density at radius 3 is 2.82 bits per heavy atom. The van der Waals surface area contributed by atoms with Crippen molar-refractivity contribution < 1.29 is 4.74 Å². The van der Waals surface area contributed by atoms with Crippen LogP contribution in [0.5, 0.6) is 5.75 Å². The van der Waals surface area contributed by atoms with Crippen LogP contribution in [0.25, 0.3) is 10.9 Å². The lowest BCUT2D eigenvalue weighted by atomic mass is 10.1. The minimum Gasteiger partial charge on any atom is -0.488 e. The van der Waals surface area contributed by atoms with Gasteiger partial charge in [0, 0.05) is 27.4 Å². The maximum absolute atomic E-state index is 6.07. The van der Waals surface area contributed by atoms with Gasteiger partial charge in [-0.15, -0.1) is 11.3 Å². The highest BCUT2D eigenvalue weighted by atomic mass is 32.1. The maximum Gasteiger partial charge on any atom is 0.137 e. The number of hydrogen-bond donors (Lipinski definition) is 2. The molecule has 0 bridgehead atoms. The molecule has 0 aliphatic rings. The molecule has 0 saturated heterocycles. The van der Waals surface area contributed by atoms with E-state index in [2.05, 4.69) is 40.4 Å². The van der Waals surface area contributed by atoms with Gasteiger partial charge < -0.3 is 15.8 Å². The second kappa shape index (κ2) is 8.27. The molecular weight excluding hydrogens is 368 g/mol. The van der Waals surface area contributed by atoms with Crippen LogP contribution in [0, 0.1) is 6.92 Å². The van der Waals surface area contributed by atoms with E-state index in [0.717, 1.165) is 35.4 Å². The van der Waals surface area contributed by atoms with Gasteiger partial charge in [-0.1, -0.05) is 18.2 Å². The number of aryl methyl sites for hydroxylation is 1. The van der Waals surface area contributed by atoms with Crippen LogP contribution in [0.1, 0.15) is 15.3 Å². The van der Waals surface area contributed by atoms with Crippen molar-refractivity contribution in [2.24, 2.45) is 0 Å². The van der Waals surface area contributed by atoms with E-state index in [4.69, 9.17) is 10.5 Å². The fraction of sp³-hybridized carbons (Fsp3) is 0.182. The summed E-state index contributed by atoms with van der Waals surface area (Å²) in [7, 11) is 0. The van der Waals surface area contributed by atoms with Crippen molar-refractivity contribution in [1.29, 1.82) is 0 Å². The van der Waals surface area contributed by atoms with E-state index in [0.29, 0.717) is 12.3 Å². The maximum atomic E-state index is 6.07. The SMILES string of the molecule is Cc1ccc(COc2ccccc2CCNc2ncnc3ccc(N)cc23)s1. The van der Waals surface area contributed by atoms with Gasteiger partial charge in [-0.3, -0.25) is 0 Å². The number of thiophene rings is 1. The molecule has 4 rings (SSSR count). The lowest BCUT2D eigenvalue weighted by Gasteiger charge is -2.12. The molecule has 2 aromatic heterocycles. The number of para-hydroxylation sites is 1. The summed E-state index contributed by atoms with van der Waals surface area (Å²) in [5, 5.41) is 4.34. The summed E-state index contributed by atoms with van der Waals surface area (Å²) < 4.78 is 6.07. The molecule has 0 spiro atoms. The first kappa shape index (κ1) is 18.3. The zero-order valence-electron chi connectivity index (χ0n) is 15.7. The van der Waals surface area contributed by atoms with Gasteiger partial charge in [0.15, 0.2) is 0 Å². The number of rotatable bonds is 7. The van der Waals surface area contributed by atoms with Gasteiger partial charge in [0.2, 0.25) is 0 Å². The summed E-state index contributed by atoms with van der Waals surface area (Å²) in [6.07, 6.45) is 2.40. The first-order valence-electron chi connectivity index (χ1n) is 9.19. The van der Waals surface area contributed by atoms with Crippen molar-refractivity contribution in [3.63, 3.8) is 0 Å². The lowest BCUT2D eigenvalue weighted by Crippen LogP contribution is -2.08. The summed E-state index contributed by atoms with van der Waals surface area (Å²) in [6.45, 7) is 3.44. The number of nitrogen functional groups attached to an aromatic ring is 1. The lowest BCUT2D eigenvalue weighted by molar-refractivity contribution is 0.306. The van der Waals surface area contributed by atoms with Crippen LogP contribution in [-0.2, 0) is 13.0 Å². The largest absolute Gasteiger partial charge is 0.488 e. The molecular formula is C22H22N4OS. The predicted octanol–water partition coefficient (Wildman–Crippen LogP) is 4.82. The van der Waals surface area contributed by atoms with E-state index in [1.165, 1.54) is 15.3 Å². The van der Waals surface area contributed by atoms with E-state index in [1.54, 1.807) is 17.7 Å². The Labute approximate surface area is 168 Å². The van der Waals surface area contributed by atoms with Gasteiger partial charge in [-0.2, -0.15) is 0 Å². The van der Waals surface area contributed by atoms with Crippen LogP contribution < -0.4 is 15.8 Å². The average Bonchev–Trinajstić information content (AvgIpc) is 3.13. The van der Waals surface area contributed by atoms with Crippen molar-refractivity contribution >= 4 is 33.7 Å². The normalized spacial score (nSPS) is 10.9. The summed E-state index contributed by atoms with van der Waals surface area (Å²) in [6, 6.07) is 18.1. The standard InChI is InChI=1S/C22H22N4OS/c1-15-6-8-18(28-15)13-27-21-5-3-2-4-16(21)10-11-24-22-19-12-17(23)7-9-20(19)25-14-26-22/h2-9,12,14H,10-11,13,23H2,1H3,(H,24,25,26). The Morgan fingerprint density at radius 2 is 1.96 bits per heavy atom. The first-order valence-corrected chi connectivity index (χ1v) is 10.0. The van der Waals surface area contributed by atoms with Crippen molar-refractivity contribution in [2.45, 2.75) is 20.0 Å². The van der Waals surface area contributed by atoms with Gasteiger partial charge in [0.1, 0.15) is 24.5 Å². The molecule has 0 unspecified atom stereocenters. The number of nitrogens with one attached hydrogen (secondary N) is 1. The second-order valence-electron chi connectivity index (χ2n) is 6.58. The molecule has 6 heteroatoms. The number of fused-ring (bicyclic) bond motifs is 1. The fourth-order valence-corrected chi connectivity index (χ4v) is 3.90. The molecule has 28 heavy (non-hydrogen) atoms. The third-order valence-corrected chi connectivity index (χ3v) is 5.46. The number of nitrogens with zero attached hydrogens (tertiary/aromatic N) is 2. The van der Waals surface area contributed by atoms with E-state index in [1.807, 2.05) is 36.4 Å². The van der Waals surface area contributed by atoms with E-state index in [9.17, 15) is 0 Å². The quantitative estimate of drug-likeness (QED) is 0.443. The highest BCUT2D eigenvalue weighted by Crippen LogP contribution is 2.24. The van der Waals surface area contributed by atoms with Crippen LogP contribution in [0.4, 0.5) is 11.5 Å². The summed E-state index contributed by atoms with van der Waals surface area (Å²) in [5.41, 5.74) is 8.66. The Morgan fingerprint density at radius 1 is 1.07 bits per heavy atom. The number of aromatic nitrogens is 2. The fourth-order valence-electron chi connectivity index (χ4n) is 3.09. The van der Waals surface area contributed by atoms with Crippen molar-refractivity contribution in [1.82, 2.24) is 9.97 Å². The first-order chi connectivity index (χ1) is 13.7. The van der Waals surface area contributed by atoms with Crippen LogP contribution in [-0.4, -0.2) is 16.5 Å². The number of benzene rings is 2. The Bertz CT molecular complexity index is 1090. The molecule has 0 aliphatic heterocycles. The minimum atomic E-state index is 0.596. The van der Waals surface area contributed by atoms with Gasteiger partial charge in [-0.25, -0.2) is 9.97 Å².